The molecule has 0 aliphatic heterocycles. The molecule has 52 heavy (non-hydrogen) atoms. The molecular formula is C38H67NO13. The molecule has 0 aliphatic carbocycles. The Hall–Kier alpha value is -2.40. The highest BCUT2D eigenvalue weighted by Gasteiger charge is 2.07. The third-order valence-corrected chi connectivity index (χ3v) is 7.14. The van der Waals surface area contributed by atoms with Crippen molar-refractivity contribution in [1.29, 1.82) is 0 Å². The highest BCUT2D eigenvalue weighted by molar-refractivity contribution is 5.89. The van der Waals surface area contributed by atoms with Crippen LogP contribution in [0.25, 0.3) is 0 Å². The van der Waals surface area contributed by atoms with Crippen LogP contribution >= 0.6 is 0 Å². The molecule has 0 atom stereocenters. The van der Waals surface area contributed by atoms with Crippen LogP contribution in [0.15, 0.2) is 24.3 Å². The lowest BCUT2D eigenvalue weighted by Crippen LogP contribution is -2.16. The van der Waals surface area contributed by atoms with Crippen LogP contribution in [0.1, 0.15) is 69.2 Å². The van der Waals surface area contributed by atoms with Gasteiger partial charge in [0, 0.05) is 18.7 Å². The second-order valence-corrected chi connectivity index (χ2v) is 11.5. The van der Waals surface area contributed by atoms with Crippen molar-refractivity contribution in [3.05, 3.63) is 29.8 Å². The lowest BCUT2D eigenvalue weighted by Gasteiger charge is -2.09. The van der Waals surface area contributed by atoms with Crippen LogP contribution in [0.3, 0.4) is 0 Å². The molecule has 1 aromatic rings. The number of rotatable bonds is 40. The molecule has 0 spiro atoms. The van der Waals surface area contributed by atoms with Gasteiger partial charge >= 0.3 is 11.9 Å². The van der Waals surface area contributed by atoms with E-state index in [1.165, 1.54) is 0 Å². The molecule has 0 bridgehead atoms. The average Bonchev–Trinajstić information content (AvgIpc) is 3.16. The maximum absolute atomic E-state index is 12.1. The molecule has 0 aromatic heterocycles. The van der Waals surface area contributed by atoms with E-state index in [0.29, 0.717) is 131 Å². The molecule has 1 N–H and O–H groups in total. The smallest absolute Gasteiger partial charge is 0.338 e. The van der Waals surface area contributed by atoms with Gasteiger partial charge in [0.25, 0.3) is 0 Å². The first-order valence-corrected chi connectivity index (χ1v) is 19.0. The second kappa shape index (κ2) is 38.3. The Balaban J connectivity index is 1.70. The van der Waals surface area contributed by atoms with Gasteiger partial charge in [-0.3, -0.25) is 4.79 Å². The third-order valence-electron chi connectivity index (χ3n) is 7.14. The normalized spacial score (nSPS) is 11.2. The molecule has 0 unspecified atom stereocenters. The molecule has 14 nitrogen and oxygen atoms in total. The number of benzene rings is 1. The van der Waals surface area contributed by atoms with E-state index in [9.17, 15) is 9.59 Å². The Labute approximate surface area is 311 Å². The zero-order chi connectivity index (χ0) is 37.4. The van der Waals surface area contributed by atoms with E-state index in [1.54, 1.807) is 12.1 Å². The Morgan fingerprint density at radius 2 is 0.808 bits per heavy atom. The van der Waals surface area contributed by atoms with Gasteiger partial charge in [-0.1, -0.05) is 39.5 Å². The van der Waals surface area contributed by atoms with E-state index >= 15 is 0 Å². The predicted molar refractivity (Wildman–Crippen MR) is 197 cm³/mol. The SMILES string of the molecule is CCCCCCC(=O)OCCOCCOCCOCCOCCOCCOCCOCCOCCOCCOC(=O)c1ccc(NCCCC)cc1. The first-order chi connectivity index (χ1) is 25.7. The van der Waals surface area contributed by atoms with Gasteiger partial charge in [-0.25, -0.2) is 4.79 Å². The first-order valence-electron chi connectivity index (χ1n) is 19.0. The molecule has 0 radical (unpaired) electrons. The van der Waals surface area contributed by atoms with E-state index in [0.717, 1.165) is 50.8 Å². The van der Waals surface area contributed by atoms with Gasteiger partial charge in [-0.05, 0) is 37.1 Å². The van der Waals surface area contributed by atoms with E-state index in [1.807, 2.05) is 12.1 Å². The van der Waals surface area contributed by atoms with Crippen molar-refractivity contribution in [2.24, 2.45) is 0 Å². The molecule has 1 rings (SSSR count). The van der Waals surface area contributed by atoms with Crippen LogP contribution in [0.2, 0.25) is 0 Å². The van der Waals surface area contributed by atoms with Crippen LogP contribution in [0.4, 0.5) is 5.69 Å². The van der Waals surface area contributed by atoms with Crippen LogP contribution < -0.4 is 5.32 Å². The average molecular weight is 746 g/mol. The largest absolute Gasteiger partial charge is 0.463 e. The molecule has 0 heterocycles. The summed E-state index contributed by atoms with van der Waals surface area (Å²) in [5.41, 5.74) is 1.51. The van der Waals surface area contributed by atoms with Crippen molar-refractivity contribution in [3.8, 4) is 0 Å². The monoisotopic (exact) mass is 745 g/mol. The fraction of sp³-hybridized carbons (Fsp3) is 0.789. The van der Waals surface area contributed by atoms with Crippen molar-refractivity contribution < 1.29 is 61.7 Å². The van der Waals surface area contributed by atoms with Gasteiger partial charge in [0.2, 0.25) is 0 Å². The summed E-state index contributed by atoms with van der Waals surface area (Å²) in [5, 5.41) is 3.32. The summed E-state index contributed by atoms with van der Waals surface area (Å²) in [7, 11) is 0. The summed E-state index contributed by atoms with van der Waals surface area (Å²) in [6, 6.07) is 7.28. The van der Waals surface area contributed by atoms with Gasteiger partial charge < -0.3 is 57.4 Å². The quantitative estimate of drug-likeness (QED) is 0.0730. The predicted octanol–water partition coefficient (Wildman–Crippen LogP) is 4.72. The molecule has 0 amide bonds. The fourth-order valence-electron chi connectivity index (χ4n) is 4.25. The lowest BCUT2D eigenvalue weighted by atomic mass is 10.2. The standard InChI is InChI=1S/C38H67NO13/c1-3-5-7-8-9-37(40)51-33-31-49-29-27-47-25-23-45-21-19-43-17-15-42-16-18-44-20-22-46-24-26-48-28-30-50-32-34-52-38(41)35-10-12-36(13-11-35)39-14-6-4-2/h10-13,39H,3-9,14-34H2,1-2H3. The van der Waals surface area contributed by atoms with Gasteiger partial charge in [0.05, 0.1) is 124 Å². The highest BCUT2D eigenvalue weighted by atomic mass is 16.6. The molecule has 14 heteroatoms. The van der Waals surface area contributed by atoms with Crippen molar-refractivity contribution in [1.82, 2.24) is 0 Å². The van der Waals surface area contributed by atoms with Gasteiger partial charge in [-0.15, -0.1) is 0 Å². The minimum atomic E-state index is -0.364. The summed E-state index contributed by atoms with van der Waals surface area (Å²) in [6.45, 7) is 13.8. The van der Waals surface area contributed by atoms with Gasteiger partial charge in [-0.2, -0.15) is 0 Å². The van der Waals surface area contributed by atoms with E-state index in [2.05, 4.69) is 19.2 Å². The van der Waals surface area contributed by atoms with Crippen LogP contribution in [0, 0.1) is 0 Å². The van der Waals surface area contributed by atoms with Gasteiger partial charge in [0.15, 0.2) is 0 Å². The minimum Gasteiger partial charge on any atom is -0.463 e. The lowest BCUT2D eigenvalue weighted by molar-refractivity contribution is -0.145. The number of hydrogen-bond donors (Lipinski definition) is 1. The van der Waals surface area contributed by atoms with Crippen molar-refractivity contribution in [2.75, 3.05) is 144 Å². The van der Waals surface area contributed by atoms with Crippen LogP contribution in [-0.2, 0) is 56.9 Å². The number of anilines is 1. The number of esters is 2. The molecule has 0 saturated heterocycles. The van der Waals surface area contributed by atoms with Gasteiger partial charge in [0.1, 0.15) is 13.2 Å². The molecule has 1 aromatic carbocycles. The molecule has 0 fully saturated rings. The van der Waals surface area contributed by atoms with E-state index in [-0.39, 0.29) is 25.2 Å². The number of carbonyl (C=O) groups is 2. The fourth-order valence-corrected chi connectivity index (χ4v) is 4.25. The number of unbranched alkanes of at least 4 members (excludes halogenated alkanes) is 4. The summed E-state index contributed by atoms with van der Waals surface area (Å²) in [5.74, 6) is -0.520. The molecular weight excluding hydrogens is 678 g/mol. The summed E-state index contributed by atoms with van der Waals surface area (Å²) < 4.78 is 59.6. The molecule has 302 valence electrons. The maximum atomic E-state index is 12.1. The zero-order valence-electron chi connectivity index (χ0n) is 31.9. The maximum Gasteiger partial charge on any atom is 0.338 e. The van der Waals surface area contributed by atoms with Crippen LogP contribution in [-0.4, -0.2) is 151 Å². The number of hydrogen-bond acceptors (Lipinski definition) is 14. The Morgan fingerprint density at radius 3 is 1.19 bits per heavy atom. The second-order valence-electron chi connectivity index (χ2n) is 11.5. The zero-order valence-corrected chi connectivity index (χ0v) is 31.9. The highest BCUT2D eigenvalue weighted by Crippen LogP contribution is 2.11. The molecule has 0 aliphatic rings. The van der Waals surface area contributed by atoms with E-state index in [4.69, 9.17) is 52.1 Å². The van der Waals surface area contributed by atoms with Crippen LogP contribution in [0.5, 0.6) is 0 Å². The van der Waals surface area contributed by atoms with E-state index < -0.39 is 0 Å². The summed E-state index contributed by atoms with van der Waals surface area (Å²) in [4.78, 5) is 23.7. The third kappa shape index (κ3) is 32.3. The Kier molecular flexibility index (Phi) is 35.1. The summed E-state index contributed by atoms with van der Waals surface area (Å²) in [6.07, 6.45) is 6.98. The minimum absolute atomic E-state index is 0.156. The van der Waals surface area contributed by atoms with Crippen molar-refractivity contribution in [2.45, 2.75) is 58.8 Å². The summed E-state index contributed by atoms with van der Waals surface area (Å²) >= 11 is 0. The first kappa shape index (κ1) is 47.6. The topological polar surface area (TPSA) is 148 Å². The van der Waals surface area contributed by atoms with Crippen molar-refractivity contribution >= 4 is 17.6 Å². The molecule has 0 saturated carbocycles. The number of carbonyl (C=O) groups excluding carboxylic acids is 2. The Morgan fingerprint density at radius 1 is 0.442 bits per heavy atom. The Bertz CT molecular complexity index is 923. The van der Waals surface area contributed by atoms with Crippen molar-refractivity contribution in [3.63, 3.8) is 0 Å². The number of ether oxygens (including phenoxy) is 11. The number of nitrogens with one attached hydrogen (secondary N) is 1.